The third-order valence-electron chi connectivity index (χ3n) is 3.05. The number of halogens is 5. The van der Waals surface area contributed by atoms with Crippen LogP contribution < -0.4 is 10.1 Å². The van der Waals surface area contributed by atoms with Gasteiger partial charge < -0.3 is 10.1 Å². The van der Waals surface area contributed by atoms with E-state index in [-0.39, 0.29) is 10.7 Å². The minimum Gasteiger partial charge on any atom is -0.481 e. The lowest BCUT2D eigenvalue weighted by atomic mass is 10.2. The first kappa shape index (κ1) is 18.4. The summed E-state index contributed by atoms with van der Waals surface area (Å²) >= 11 is 11.6. The molecule has 0 fully saturated rings. The van der Waals surface area contributed by atoms with Crippen LogP contribution in [0.4, 0.5) is 18.9 Å². The van der Waals surface area contributed by atoms with Gasteiger partial charge in [-0.05, 0) is 43.3 Å². The van der Waals surface area contributed by atoms with Crippen molar-refractivity contribution < 1.29 is 22.7 Å². The maximum Gasteiger partial charge on any atom is 0.416 e. The number of carbonyl (C=O) groups excluding carboxylic acids is 1. The molecule has 0 unspecified atom stereocenters. The minimum atomic E-state index is -4.42. The van der Waals surface area contributed by atoms with E-state index >= 15 is 0 Å². The van der Waals surface area contributed by atoms with E-state index in [0.717, 1.165) is 12.1 Å². The Kier molecular flexibility index (Phi) is 5.62. The summed E-state index contributed by atoms with van der Waals surface area (Å²) in [5.74, 6) is -0.166. The second kappa shape index (κ2) is 7.32. The Morgan fingerprint density at radius 2 is 1.71 bits per heavy atom. The van der Waals surface area contributed by atoms with Gasteiger partial charge >= 0.3 is 6.18 Å². The van der Waals surface area contributed by atoms with Gasteiger partial charge in [0.15, 0.2) is 6.10 Å². The van der Waals surface area contributed by atoms with Crippen molar-refractivity contribution in [2.45, 2.75) is 19.2 Å². The molecule has 128 valence electrons. The van der Waals surface area contributed by atoms with E-state index in [1.807, 2.05) is 0 Å². The fourth-order valence-corrected chi connectivity index (χ4v) is 2.08. The zero-order valence-corrected chi connectivity index (χ0v) is 13.8. The van der Waals surface area contributed by atoms with Gasteiger partial charge in [-0.3, -0.25) is 4.79 Å². The summed E-state index contributed by atoms with van der Waals surface area (Å²) in [5.41, 5.74) is -0.557. The summed E-state index contributed by atoms with van der Waals surface area (Å²) in [6.45, 7) is 1.50. The topological polar surface area (TPSA) is 38.3 Å². The zero-order chi connectivity index (χ0) is 17.9. The van der Waals surface area contributed by atoms with Crippen LogP contribution in [0.3, 0.4) is 0 Å². The van der Waals surface area contributed by atoms with Crippen molar-refractivity contribution in [3.8, 4) is 5.75 Å². The lowest BCUT2D eigenvalue weighted by molar-refractivity contribution is -0.137. The molecule has 0 heterocycles. The molecule has 0 aliphatic rings. The van der Waals surface area contributed by atoms with Crippen LogP contribution in [-0.4, -0.2) is 12.0 Å². The first-order valence-corrected chi connectivity index (χ1v) is 7.52. The van der Waals surface area contributed by atoms with Crippen molar-refractivity contribution >= 4 is 34.8 Å². The Morgan fingerprint density at radius 1 is 1.08 bits per heavy atom. The molecule has 0 aromatic heterocycles. The molecule has 1 atom stereocenters. The zero-order valence-electron chi connectivity index (χ0n) is 12.3. The molecular formula is C16H12Cl2F3NO2. The van der Waals surface area contributed by atoms with E-state index in [0.29, 0.717) is 10.8 Å². The summed E-state index contributed by atoms with van der Waals surface area (Å²) in [6.07, 6.45) is -5.31. The molecule has 24 heavy (non-hydrogen) atoms. The summed E-state index contributed by atoms with van der Waals surface area (Å²) in [4.78, 5) is 12.0. The standard InChI is InChI=1S/C16H12Cl2F3NO2/c1-9(24-12-6-7-13(17)14(18)8-12)15(23)22-11-4-2-10(3-5-11)16(19,20)21/h2-9H,1H3,(H,22,23)/t9-/m0/s1. The van der Waals surface area contributed by atoms with Crippen LogP contribution in [0.1, 0.15) is 12.5 Å². The molecule has 0 saturated heterocycles. The molecule has 8 heteroatoms. The number of hydrogen-bond acceptors (Lipinski definition) is 2. The molecule has 2 rings (SSSR count). The van der Waals surface area contributed by atoms with Crippen molar-refractivity contribution in [2.75, 3.05) is 5.32 Å². The van der Waals surface area contributed by atoms with Crippen LogP contribution in [0.2, 0.25) is 10.0 Å². The summed E-state index contributed by atoms with van der Waals surface area (Å²) in [5, 5.41) is 3.11. The molecule has 0 saturated carbocycles. The predicted molar refractivity (Wildman–Crippen MR) is 86.6 cm³/mol. The van der Waals surface area contributed by atoms with Crippen molar-refractivity contribution in [3.05, 3.63) is 58.1 Å². The quantitative estimate of drug-likeness (QED) is 0.772. The fourth-order valence-electron chi connectivity index (χ4n) is 1.79. The van der Waals surface area contributed by atoms with Gasteiger partial charge in [0.2, 0.25) is 0 Å². The number of ether oxygens (including phenoxy) is 1. The number of nitrogens with one attached hydrogen (secondary N) is 1. The normalized spacial score (nSPS) is 12.6. The van der Waals surface area contributed by atoms with E-state index in [4.69, 9.17) is 27.9 Å². The molecule has 0 bridgehead atoms. The van der Waals surface area contributed by atoms with Crippen LogP contribution in [-0.2, 0) is 11.0 Å². The summed E-state index contributed by atoms with van der Waals surface area (Å²) < 4.78 is 42.9. The molecule has 2 aromatic rings. The third kappa shape index (κ3) is 4.79. The lowest BCUT2D eigenvalue weighted by Gasteiger charge is -2.15. The van der Waals surface area contributed by atoms with Crippen molar-refractivity contribution in [1.29, 1.82) is 0 Å². The summed E-state index contributed by atoms with van der Waals surface area (Å²) in [7, 11) is 0. The number of amides is 1. The fraction of sp³-hybridized carbons (Fsp3) is 0.188. The molecule has 2 aromatic carbocycles. The van der Waals surface area contributed by atoms with Gasteiger partial charge in [-0.15, -0.1) is 0 Å². The highest BCUT2D eigenvalue weighted by Crippen LogP contribution is 2.30. The average molecular weight is 378 g/mol. The van der Waals surface area contributed by atoms with Crippen molar-refractivity contribution in [3.63, 3.8) is 0 Å². The van der Waals surface area contributed by atoms with Crippen LogP contribution in [0, 0.1) is 0 Å². The molecule has 0 aliphatic carbocycles. The Hall–Kier alpha value is -1.92. The van der Waals surface area contributed by atoms with Gasteiger partial charge in [-0.1, -0.05) is 23.2 Å². The number of alkyl halides is 3. The van der Waals surface area contributed by atoms with Gasteiger partial charge in [-0.25, -0.2) is 0 Å². The summed E-state index contributed by atoms with van der Waals surface area (Å²) in [6, 6.07) is 8.67. The largest absolute Gasteiger partial charge is 0.481 e. The van der Waals surface area contributed by atoms with Gasteiger partial charge in [0, 0.05) is 11.8 Å². The Labute approximate surface area is 146 Å². The van der Waals surface area contributed by atoms with E-state index < -0.39 is 23.8 Å². The van der Waals surface area contributed by atoms with Gasteiger partial charge in [0.1, 0.15) is 5.75 Å². The maximum atomic E-state index is 12.5. The first-order valence-electron chi connectivity index (χ1n) is 6.76. The highest BCUT2D eigenvalue weighted by Gasteiger charge is 2.30. The number of benzene rings is 2. The number of carbonyl (C=O) groups is 1. The van der Waals surface area contributed by atoms with Crippen LogP contribution >= 0.6 is 23.2 Å². The minimum absolute atomic E-state index is 0.234. The lowest BCUT2D eigenvalue weighted by Crippen LogP contribution is -2.30. The van der Waals surface area contributed by atoms with Crippen LogP contribution in [0.25, 0.3) is 0 Å². The molecule has 1 amide bonds. The van der Waals surface area contributed by atoms with E-state index in [1.54, 1.807) is 6.07 Å². The number of rotatable bonds is 4. The Morgan fingerprint density at radius 3 is 2.25 bits per heavy atom. The Balaban J connectivity index is 1.99. The molecular weight excluding hydrogens is 366 g/mol. The van der Waals surface area contributed by atoms with Gasteiger partial charge in [-0.2, -0.15) is 13.2 Å². The van der Waals surface area contributed by atoms with Crippen LogP contribution in [0.5, 0.6) is 5.75 Å². The SMILES string of the molecule is C[C@H](Oc1ccc(Cl)c(Cl)c1)C(=O)Nc1ccc(C(F)(F)F)cc1. The van der Waals surface area contributed by atoms with Gasteiger partial charge in [0.25, 0.3) is 5.91 Å². The highest BCUT2D eigenvalue weighted by atomic mass is 35.5. The third-order valence-corrected chi connectivity index (χ3v) is 3.79. The Bertz CT molecular complexity index is 733. The predicted octanol–water partition coefficient (Wildman–Crippen LogP) is 5.42. The molecule has 0 aliphatic heterocycles. The second-order valence-corrected chi connectivity index (χ2v) is 5.71. The molecule has 0 radical (unpaired) electrons. The van der Waals surface area contributed by atoms with E-state index in [1.165, 1.54) is 31.2 Å². The van der Waals surface area contributed by atoms with Gasteiger partial charge in [0.05, 0.1) is 15.6 Å². The van der Waals surface area contributed by atoms with Crippen LogP contribution in [0.15, 0.2) is 42.5 Å². The van der Waals surface area contributed by atoms with E-state index in [2.05, 4.69) is 5.32 Å². The monoisotopic (exact) mass is 377 g/mol. The van der Waals surface area contributed by atoms with Crippen molar-refractivity contribution in [1.82, 2.24) is 0 Å². The highest BCUT2D eigenvalue weighted by molar-refractivity contribution is 6.42. The molecule has 3 nitrogen and oxygen atoms in total. The number of hydrogen-bond donors (Lipinski definition) is 1. The molecule has 0 spiro atoms. The number of anilines is 1. The van der Waals surface area contributed by atoms with E-state index in [9.17, 15) is 18.0 Å². The smallest absolute Gasteiger partial charge is 0.416 e. The average Bonchev–Trinajstić information content (AvgIpc) is 2.50. The second-order valence-electron chi connectivity index (χ2n) is 4.90. The first-order chi connectivity index (χ1) is 11.2. The van der Waals surface area contributed by atoms with Crippen molar-refractivity contribution in [2.24, 2.45) is 0 Å². The maximum absolute atomic E-state index is 12.5. The molecule has 1 N–H and O–H groups in total.